The molecule has 0 aliphatic carbocycles. The van der Waals surface area contributed by atoms with Gasteiger partial charge in [-0.05, 0) is 49.6 Å². The maximum absolute atomic E-state index is 13.8. The SMILES string of the molecule is Cc1ccc([C@@H]2C[C@@H](C(F)(F)F)n3nc(C(=O)Nc4cc(C)cc(C)c4)cc3N2)cc1. The minimum absolute atomic E-state index is 0.0690. The van der Waals surface area contributed by atoms with Gasteiger partial charge >= 0.3 is 6.18 Å². The zero-order chi connectivity index (χ0) is 22.3. The van der Waals surface area contributed by atoms with E-state index in [4.69, 9.17) is 0 Å². The van der Waals surface area contributed by atoms with Crippen LogP contribution in [0.3, 0.4) is 0 Å². The van der Waals surface area contributed by atoms with Gasteiger partial charge in [-0.25, -0.2) is 4.68 Å². The Morgan fingerprint density at radius 3 is 2.29 bits per heavy atom. The highest BCUT2D eigenvalue weighted by Gasteiger charge is 2.46. The molecule has 2 atom stereocenters. The molecule has 0 unspecified atom stereocenters. The molecule has 3 aromatic rings. The van der Waals surface area contributed by atoms with Gasteiger partial charge in [-0.15, -0.1) is 0 Å². The number of aryl methyl sites for hydroxylation is 3. The molecule has 1 aliphatic rings. The highest BCUT2D eigenvalue weighted by Crippen LogP contribution is 2.43. The van der Waals surface area contributed by atoms with Crippen molar-refractivity contribution < 1.29 is 18.0 Å². The van der Waals surface area contributed by atoms with E-state index in [0.29, 0.717) is 5.69 Å². The minimum Gasteiger partial charge on any atom is -0.363 e. The van der Waals surface area contributed by atoms with Crippen molar-refractivity contribution in [2.75, 3.05) is 10.6 Å². The Hall–Kier alpha value is -3.29. The summed E-state index contributed by atoms with van der Waals surface area (Å²) in [5.41, 5.74) is 4.24. The number of halogens is 3. The van der Waals surface area contributed by atoms with Crippen molar-refractivity contribution in [2.45, 2.75) is 45.5 Å². The Balaban J connectivity index is 1.64. The van der Waals surface area contributed by atoms with E-state index in [-0.39, 0.29) is 17.9 Å². The van der Waals surface area contributed by atoms with Gasteiger partial charge in [0.25, 0.3) is 5.91 Å². The average molecular weight is 428 g/mol. The normalized spacial score (nSPS) is 18.3. The van der Waals surface area contributed by atoms with E-state index >= 15 is 0 Å². The van der Waals surface area contributed by atoms with Crippen molar-refractivity contribution in [3.05, 3.63) is 76.5 Å². The van der Waals surface area contributed by atoms with Crippen LogP contribution < -0.4 is 10.6 Å². The van der Waals surface area contributed by atoms with Crippen molar-refractivity contribution in [3.63, 3.8) is 0 Å². The Bertz CT molecular complexity index is 1100. The van der Waals surface area contributed by atoms with E-state index in [1.54, 1.807) is 12.1 Å². The van der Waals surface area contributed by atoms with Crippen LogP contribution in [0.15, 0.2) is 48.5 Å². The smallest absolute Gasteiger partial charge is 0.363 e. The second-order valence-electron chi connectivity index (χ2n) is 8.09. The molecule has 0 fully saturated rings. The average Bonchev–Trinajstić information content (AvgIpc) is 3.10. The molecule has 1 amide bonds. The number of rotatable bonds is 3. The van der Waals surface area contributed by atoms with Gasteiger partial charge in [0.1, 0.15) is 5.82 Å². The lowest BCUT2D eigenvalue weighted by Gasteiger charge is -2.33. The van der Waals surface area contributed by atoms with Gasteiger partial charge in [0, 0.05) is 18.2 Å². The third-order valence-corrected chi connectivity index (χ3v) is 5.38. The maximum atomic E-state index is 13.8. The molecule has 0 spiro atoms. The quantitative estimate of drug-likeness (QED) is 0.561. The molecular weight excluding hydrogens is 405 g/mol. The summed E-state index contributed by atoms with van der Waals surface area (Å²) in [6.07, 6.45) is -4.70. The number of anilines is 2. The van der Waals surface area contributed by atoms with E-state index in [2.05, 4.69) is 15.7 Å². The molecule has 1 aromatic heterocycles. The van der Waals surface area contributed by atoms with E-state index < -0.39 is 24.2 Å². The Morgan fingerprint density at radius 1 is 1.03 bits per heavy atom. The molecule has 162 valence electrons. The van der Waals surface area contributed by atoms with E-state index in [0.717, 1.165) is 26.9 Å². The van der Waals surface area contributed by atoms with Gasteiger partial charge in [-0.1, -0.05) is 35.9 Å². The second-order valence-corrected chi connectivity index (χ2v) is 8.09. The summed E-state index contributed by atoms with van der Waals surface area (Å²) in [7, 11) is 0. The molecule has 1 aliphatic heterocycles. The van der Waals surface area contributed by atoms with Gasteiger partial charge in [0.05, 0.1) is 6.04 Å². The lowest BCUT2D eigenvalue weighted by molar-refractivity contribution is -0.173. The first-order valence-corrected chi connectivity index (χ1v) is 9.99. The molecule has 2 N–H and O–H groups in total. The molecule has 2 aromatic carbocycles. The molecule has 8 heteroatoms. The van der Waals surface area contributed by atoms with Crippen LogP contribution >= 0.6 is 0 Å². The first-order chi connectivity index (χ1) is 14.6. The first-order valence-electron chi connectivity index (χ1n) is 9.99. The number of alkyl halides is 3. The molecule has 2 heterocycles. The Kier molecular flexibility index (Phi) is 5.24. The van der Waals surface area contributed by atoms with Crippen LogP contribution in [0.1, 0.15) is 51.2 Å². The molecule has 0 bridgehead atoms. The van der Waals surface area contributed by atoms with Crippen molar-refractivity contribution in [2.24, 2.45) is 0 Å². The third-order valence-electron chi connectivity index (χ3n) is 5.38. The van der Waals surface area contributed by atoms with Gasteiger partial charge in [0.15, 0.2) is 11.7 Å². The highest BCUT2D eigenvalue weighted by molar-refractivity contribution is 6.03. The van der Waals surface area contributed by atoms with E-state index in [9.17, 15) is 18.0 Å². The van der Waals surface area contributed by atoms with E-state index in [1.807, 2.05) is 51.1 Å². The number of nitrogens with zero attached hydrogens (tertiary/aromatic N) is 2. The van der Waals surface area contributed by atoms with Gasteiger partial charge in [-0.2, -0.15) is 18.3 Å². The summed E-state index contributed by atoms with van der Waals surface area (Å²) in [6, 6.07) is 12.0. The van der Waals surface area contributed by atoms with Gasteiger partial charge in [0.2, 0.25) is 0 Å². The number of nitrogens with one attached hydrogen (secondary N) is 2. The van der Waals surface area contributed by atoms with Crippen LogP contribution in [-0.2, 0) is 0 Å². The number of fused-ring (bicyclic) bond motifs is 1. The van der Waals surface area contributed by atoms with Gasteiger partial charge in [-0.3, -0.25) is 4.79 Å². The van der Waals surface area contributed by atoms with Crippen molar-refractivity contribution in [1.29, 1.82) is 0 Å². The summed E-state index contributed by atoms with van der Waals surface area (Å²) in [5.74, 6) is -0.383. The number of aromatic nitrogens is 2. The van der Waals surface area contributed by atoms with Crippen molar-refractivity contribution in [1.82, 2.24) is 9.78 Å². The summed E-state index contributed by atoms with van der Waals surface area (Å²) >= 11 is 0. The molecule has 4 rings (SSSR count). The number of hydrogen-bond acceptors (Lipinski definition) is 3. The molecule has 0 radical (unpaired) electrons. The zero-order valence-corrected chi connectivity index (χ0v) is 17.4. The number of benzene rings is 2. The molecule has 5 nitrogen and oxygen atoms in total. The van der Waals surface area contributed by atoms with Crippen molar-refractivity contribution in [3.8, 4) is 0 Å². The number of hydrogen-bond donors (Lipinski definition) is 2. The fraction of sp³-hybridized carbons (Fsp3) is 0.304. The zero-order valence-electron chi connectivity index (χ0n) is 17.4. The van der Waals surface area contributed by atoms with Crippen LogP contribution in [0, 0.1) is 20.8 Å². The van der Waals surface area contributed by atoms with Crippen LogP contribution in [0.5, 0.6) is 0 Å². The molecule has 31 heavy (non-hydrogen) atoms. The monoisotopic (exact) mass is 428 g/mol. The van der Waals surface area contributed by atoms with Crippen LogP contribution in [-0.4, -0.2) is 21.9 Å². The summed E-state index contributed by atoms with van der Waals surface area (Å²) < 4.78 is 42.4. The van der Waals surface area contributed by atoms with Crippen molar-refractivity contribution >= 4 is 17.4 Å². The largest absolute Gasteiger partial charge is 0.410 e. The molecular formula is C23H23F3N4O. The lowest BCUT2D eigenvalue weighted by atomic mass is 9.96. The second kappa shape index (κ2) is 7.76. The highest BCUT2D eigenvalue weighted by atomic mass is 19.4. The van der Waals surface area contributed by atoms with Crippen LogP contribution in [0.2, 0.25) is 0 Å². The minimum atomic E-state index is -4.49. The summed E-state index contributed by atoms with van der Waals surface area (Å²) in [4.78, 5) is 12.7. The van der Waals surface area contributed by atoms with E-state index in [1.165, 1.54) is 6.07 Å². The lowest BCUT2D eigenvalue weighted by Crippen LogP contribution is -2.35. The Labute approximate surface area is 178 Å². The predicted molar refractivity (Wildman–Crippen MR) is 113 cm³/mol. The third kappa shape index (κ3) is 4.42. The number of carbonyl (C=O) groups excluding carboxylic acids is 1. The first kappa shape index (κ1) is 21.0. The maximum Gasteiger partial charge on any atom is 0.410 e. The molecule has 0 saturated carbocycles. The fourth-order valence-electron chi connectivity index (χ4n) is 3.94. The Morgan fingerprint density at radius 2 is 1.68 bits per heavy atom. The number of amides is 1. The van der Waals surface area contributed by atoms with Crippen LogP contribution in [0.25, 0.3) is 0 Å². The summed E-state index contributed by atoms with van der Waals surface area (Å²) in [5, 5.41) is 9.84. The number of carbonyl (C=O) groups is 1. The fourth-order valence-corrected chi connectivity index (χ4v) is 3.94. The van der Waals surface area contributed by atoms with Gasteiger partial charge < -0.3 is 10.6 Å². The summed E-state index contributed by atoms with van der Waals surface area (Å²) in [6.45, 7) is 5.73. The molecule has 0 saturated heterocycles. The predicted octanol–water partition coefficient (Wildman–Crippen LogP) is 5.72. The van der Waals surface area contributed by atoms with Crippen LogP contribution in [0.4, 0.5) is 24.7 Å². The standard InChI is InChI=1S/C23H23F3N4O/c1-13-4-6-16(7-5-13)18-11-20(23(24,25)26)30-21(28-18)12-19(29-30)22(31)27-17-9-14(2)8-15(3)10-17/h4-10,12,18,20,28H,11H2,1-3H3,(H,27,31)/t18-,20-/m0/s1. The topological polar surface area (TPSA) is 59.0 Å².